The highest BCUT2D eigenvalue weighted by Crippen LogP contribution is 2.60. The van der Waals surface area contributed by atoms with Gasteiger partial charge in [0.25, 0.3) is 5.91 Å². The fourth-order valence-corrected chi connectivity index (χ4v) is 6.61. The number of ether oxygens (including phenoxy) is 2. The molecule has 26 heavy (non-hydrogen) atoms. The van der Waals surface area contributed by atoms with Crippen LogP contribution in [0.1, 0.15) is 54.4 Å². The molecule has 1 heterocycles. The van der Waals surface area contributed by atoms with E-state index in [0.717, 1.165) is 23.3 Å². The minimum Gasteiger partial charge on any atom is -0.496 e. The molecule has 140 valence electrons. The quantitative estimate of drug-likeness (QED) is 0.831. The summed E-state index contributed by atoms with van der Waals surface area (Å²) in [7, 11) is 1.66. The zero-order valence-electron chi connectivity index (χ0n) is 15.7. The first-order chi connectivity index (χ1) is 12.7. The molecule has 4 bridgehead atoms. The molecule has 5 aliphatic rings. The van der Waals surface area contributed by atoms with Gasteiger partial charge in [0.15, 0.2) is 0 Å². The molecule has 1 saturated heterocycles. The largest absolute Gasteiger partial charge is 0.496 e. The second kappa shape index (κ2) is 6.26. The highest BCUT2D eigenvalue weighted by atomic mass is 16.5. The standard InChI is InChI=1S/C22H29NO3/c1-25-20-3-2-18(11-19(20)21(24)23-4-6-26-7-5-23)22-12-15-8-16(13-22)10-17(9-15)14-22/h2-3,11,15-17H,4-10,12-14H2,1H3. The number of rotatable bonds is 3. The Kier molecular flexibility index (Phi) is 4.00. The van der Waals surface area contributed by atoms with E-state index in [1.165, 1.54) is 44.1 Å². The maximum Gasteiger partial charge on any atom is 0.257 e. The van der Waals surface area contributed by atoms with Crippen molar-refractivity contribution in [1.82, 2.24) is 4.90 Å². The van der Waals surface area contributed by atoms with Crippen LogP contribution in [0.25, 0.3) is 0 Å². The summed E-state index contributed by atoms with van der Waals surface area (Å²) in [5, 5.41) is 0. The summed E-state index contributed by atoms with van der Waals surface area (Å²) in [6.07, 6.45) is 8.27. The normalized spacial score (nSPS) is 35.6. The molecule has 1 amide bonds. The number of carbonyl (C=O) groups is 1. The third-order valence-corrected chi connectivity index (χ3v) is 7.38. The molecule has 0 N–H and O–H groups in total. The van der Waals surface area contributed by atoms with Gasteiger partial charge in [-0.05, 0) is 79.4 Å². The molecule has 0 spiro atoms. The van der Waals surface area contributed by atoms with Crippen molar-refractivity contribution in [2.75, 3.05) is 33.4 Å². The Morgan fingerprint density at radius 2 is 1.69 bits per heavy atom. The van der Waals surface area contributed by atoms with Gasteiger partial charge in [-0.2, -0.15) is 0 Å². The van der Waals surface area contributed by atoms with Crippen LogP contribution in [-0.4, -0.2) is 44.2 Å². The lowest BCUT2D eigenvalue weighted by atomic mass is 9.48. The van der Waals surface area contributed by atoms with Crippen molar-refractivity contribution in [3.8, 4) is 5.75 Å². The van der Waals surface area contributed by atoms with Gasteiger partial charge < -0.3 is 14.4 Å². The number of benzene rings is 1. The third-order valence-electron chi connectivity index (χ3n) is 7.38. The van der Waals surface area contributed by atoms with Crippen LogP contribution in [0.4, 0.5) is 0 Å². The van der Waals surface area contributed by atoms with E-state index in [1.54, 1.807) is 7.11 Å². The first-order valence-corrected chi connectivity index (χ1v) is 10.2. The van der Waals surface area contributed by atoms with Gasteiger partial charge >= 0.3 is 0 Å². The van der Waals surface area contributed by atoms with E-state index >= 15 is 0 Å². The third kappa shape index (κ3) is 2.65. The molecular formula is C22H29NO3. The minimum atomic E-state index is 0.0942. The van der Waals surface area contributed by atoms with Crippen molar-refractivity contribution < 1.29 is 14.3 Å². The zero-order valence-corrected chi connectivity index (χ0v) is 15.7. The molecule has 1 aliphatic heterocycles. The van der Waals surface area contributed by atoms with E-state index in [0.29, 0.717) is 37.5 Å². The number of amides is 1. The summed E-state index contributed by atoms with van der Waals surface area (Å²) >= 11 is 0. The van der Waals surface area contributed by atoms with Crippen molar-refractivity contribution in [2.24, 2.45) is 17.8 Å². The van der Waals surface area contributed by atoms with Crippen LogP contribution in [0.15, 0.2) is 18.2 Å². The predicted molar refractivity (Wildman–Crippen MR) is 99.6 cm³/mol. The van der Waals surface area contributed by atoms with Crippen LogP contribution in [0, 0.1) is 17.8 Å². The lowest BCUT2D eigenvalue weighted by Gasteiger charge is -2.57. The van der Waals surface area contributed by atoms with E-state index in [-0.39, 0.29) is 5.91 Å². The summed E-state index contributed by atoms with van der Waals surface area (Å²) in [5.41, 5.74) is 2.43. The van der Waals surface area contributed by atoms with Crippen molar-refractivity contribution in [1.29, 1.82) is 0 Å². The van der Waals surface area contributed by atoms with Gasteiger partial charge in [-0.25, -0.2) is 0 Å². The Morgan fingerprint density at radius 1 is 1.08 bits per heavy atom. The van der Waals surface area contributed by atoms with E-state index in [2.05, 4.69) is 12.1 Å². The van der Waals surface area contributed by atoms with Crippen molar-refractivity contribution in [3.05, 3.63) is 29.3 Å². The van der Waals surface area contributed by atoms with Crippen molar-refractivity contribution >= 4 is 5.91 Å². The molecule has 0 unspecified atom stereocenters. The predicted octanol–water partition coefficient (Wildman–Crippen LogP) is 3.64. The van der Waals surface area contributed by atoms with Gasteiger partial charge in [0.2, 0.25) is 0 Å². The summed E-state index contributed by atoms with van der Waals surface area (Å²) in [6, 6.07) is 6.44. The summed E-state index contributed by atoms with van der Waals surface area (Å²) in [5.74, 6) is 3.51. The number of hydrogen-bond donors (Lipinski definition) is 0. The van der Waals surface area contributed by atoms with Gasteiger partial charge in [-0.3, -0.25) is 4.79 Å². The first-order valence-electron chi connectivity index (χ1n) is 10.2. The van der Waals surface area contributed by atoms with E-state index in [4.69, 9.17) is 9.47 Å². The van der Waals surface area contributed by atoms with Crippen LogP contribution < -0.4 is 4.74 Å². The van der Waals surface area contributed by atoms with Crippen molar-refractivity contribution in [2.45, 2.75) is 43.9 Å². The van der Waals surface area contributed by atoms with Gasteiger partial charge in [0.1, 0.15) is 5.75 Å². The maximum absolute atomic E-state index is 13.1. The number of carbonyl (C=O) groups excluding carboxylic acids is 1. The molecule has 0 radical (unpaired) electrons. The SMILES string of the molecule is COc1ccc(C23CC4CC(CC(C4)C2)C3)cc1C(=O)N1CCOCC1. The van der Waals surface area contributed by atoms with Gasteiger partial charge in [-0.15, -0.1) is 0 Å². The summed E-state index contributed by atoms with van der Waals surface area (Å²) in [6.45, 7) is 2.60. The van der Waals surface area contributed by atoms with E-state index in [9.17, 15) is 4.79 Å². The van der Waals surface area contributed by atoms with Crippen LogP contribution >= 0.6 is 0 Å². The van der Waals surface area contributed by atoms with Crippen molar-refractivity contribution in [3.63, 3.8) is 0 Å². The van der Waals surface area contributed by atoms with E-state index in [1.807, 2.05) is 11.0 Å². The highest BCUT2D eigenvalue weighted by Gasteiger charge is 2.51. The molecular weight excluding hydrogens is 326 g/mol. The Hall–Kier alpha value is -1.55. The summed E-state index contributed by atoms with van der Waals surface area (Å²) < 4.78 is 11.0. The lowest BCUT2D eigenvalue weighted by molar-refractivity contribution is -0.00525. The highest BCUT2D eigenvalue weighted by molar-refractivity contribution is 5.97. The topological polar surface area (TPSA) is 38.8 Å². The van der Waals surface area contributed by atoms with Crippen LogP contribution in [0.5, 0.6) is 5.75 Å². The molecule has 1 aromatic carbocycles. The Balaban J connectivity index is 1.50. The Labute approximate surface area is 155 Å². The van der Waals surface area contributed by atoms with E-state index < -0.39 is 0 Å². The second-order valence-corrected chi connectivity index (χ2v) is 9.02. The molecule has 4 saturated carbocycles. The monoisotopic (exact) mass is 355 g/mol. The molecule has 4 aliphatic carbocycles. The van der Waals surface area contributed by atoms with Gasteiger partial charge in [0.05, 0.1) is 25.9 Å². The number of methoxy groups -OCH3 is 1. The summed E-state index contributed by atoms with van der Waals surface area (Å²) in [4.78, 5) is 15.1. The molecule has 0 atom stereocenters. The lowest BCUT2D eigenvalue weighted by Crippen LogP contribution is -2.48. The number of nitrogens with zero attached hydrogens (tertiary/aromatic N) is 1. The first kappa shape index (κ1) is 16.6. The average molecular weight is 355 g/mol. The minimum absolute atomic E-state index is 0.0942. The van der Waals surface area contributed by atoms with Gasteiger partial charge in [-0.1, -0.05) is 6.07 Å². The Morgan fingerprint density at radius 3 is 2.27 bits per heavy atom. The fraction of sp³-hybridized carbons (Fsp3) is 0.682. The number of morpholine rings is 1. The zero-order chi connectivity index (χ0) is 17.7. The molecule has 4 nitrogen and oxygen atoms in total. The fourth-order valence-electron chi connectivity index (χ4n) is 6.61. The molecule has 0 aromatic heterocycles. The molecule has 5 fully saturated rings. The second-order valence-electron chi connectivity index (χ2n) is 9.02. The average Bonchev–Trinajstić information content (AvgIpc) is 2.66. The molecule has 6 rings (SSSR count). The van der Waals surface area contributed by atoms with Crippen LogP contribution in [-0.2, 0) is 10.2 Å². The smallest absolute Gasteiger partial charge is 0.257 e. The molecule has 1 aromatic rings. The number of hydrogen-bond acceptors (Lipinski definition) is 3. The maximum atomic E-state index is 13.1. The van der Waals surface area contributed by atoms with Gasteiger partial charge in [0, 0.05) is 13.1 Å². The molecule has 4 heteroatoms. The van der Waals surface area contributed by atoms with Crippen LogP contribution in [0.3, 0.4) is 0 Å². The Bertz CT molecular complexity index is 672. The van der Waals surface area contributed by atoms with Crippen LogP contribution in [0.2, 0.25) is 0 Å².